The fourth-order valence-electron chi connectivity index (χ4n) is 3.49. The lowest BCUT2D eigenvalue weighted by Gasteiger charge is -2.14. The van der Waals surface area contributed by atoms with Gasteiger partial charge in [-0.25, -0.2) is 4.98 Å². The second kappa shape index (κ2) is 12.3. The first-order valence-corrected chi connectivity index (χ1v) is 11.1. The fourth-order valence-corrected chi connectivity index (χ4v) is 3.75. The van der Waals surface area contributed by atoms with Gasteiger partial charge in [0.2, 0.25) is 0 Å². The number of nitrogens with zero attached hydrogens (tertiary/aromatic N) is 2. The van der Waals surface area contributed by atoms with Gasteiger partial charge in [0.1, 0.15) is 17.3 Å². The minimum atomic E-state index is -0.248. The molecule has 0 atom stereocenters. The highest BCUT2D eigenvalue weighted by Crippen LogP contribution is 2.30. The van der Waals surface area contributed by atoms with Crippen LogP contribution in [0.25, 0.3) is 11.4 Å². The van der Waals surface area contributed by atoms with Crippen molar-refractivity contribution in [2.45, 2.75) is 46.6 Å². The van der Waals surface area contributed by atoms with Crippen LogP contribution in [0.15, 0.2) is 47.3 Å². The minimum Gasteiger partial charge on any atom is -0.497 e. The van der Waals surface area contributed by atoms with E-state index in [0.717, 1.165) is 0 Å². The first-order valence-electron chi connectivity index (χ1n) is 10.8. The number of aryl methyl sites for hydroxylation is 3. The quantitative estimate of drug-likeness (QED) is 0.597. The number of fused-ring (bicyclic) bond motifs is 1. The van der Waals surface area contributed by atoms with Gasteiger partial charge in [-0.15, -0.1) is 0 Å². The van der Waals surface area contributed by atoms with Crippen LogP contribution in [0.5, 0.6) is 5.75 Å². The number of aliphatic hydroxyl groups excluding tert-OH is 1. The maximum atomic E-state index is 12.2. The van der Waals surface area contributed by atoms with Crippen molar-refractivity contribution in [3.05, 3.63) is 74.7 Å². The lowest BCUT2D eigenvalue weighted by Crippen LogP contribution is -2.26. The highest BCUT2D eigenvalue weighted by Gasteiger charge is 2.15. The first-order chi connectivity index (χ1) is 15.4. The maximum absolute atomic E-state index is 12.2. The Hall–Kier alpha value is -2.83. The van der Waals surface area contributed by atoms with Gasteiger partial charge in [-0.3, -0.25) is 9.36 Å². The minimum absolute atomic E-state index is 0.167. The van der Waals surface area contributed by atoms with Gasteiger partial charge in [0.25, 0.3) is 5.56 Å². The van der Waals surface area contributed by atoms with Crippen molar-refractivity contribution in [3.8, 4) is 17.1 Å². The van der Waals surface area contributed by atoms with E-state index in [2.05, 4.69) is 29.2 Å². The summed E-state index contributed by atoms with van der Waals surface area (Å²) in [5, 5.41) is 8.04. The molecule has 0 aliphatic heterocycles. The average Bonchev–Trinajstić information content (AvgIpc) is 3.27. The van der Waals surface area contributed by atoms with Crippen molar-refractivity contribution in [1.29, 1.82) is 0 Å². The van der Waals surface area contributed by atoms with Crippen LogP contribution >= 0.6 is 11.6 Å². The number of aromatic nitrogens is 2. The van der Waals surface area contributed by atoms with Gasteiger partial charge in [0, 0.05) is 18.7 Å². The molecule has 0 spiro atoms. The number of nitrogen functional groups attached to an aromatic ring is 1. The predicted molar refractivity (Wildman–Crippen MR) is 132 cm³/mol. The Balaban J connectivity index is 0.000000248. The van der Waals surface area contributed by atoms with Gasteiger partial charge in [-0.2, -0.15) is 0 Å². The van der Waals surface area contributed by atoms with Gasteiger partial charge in [-0.1, -0.05) is 35.9 Å². The van der Waals surface area contributed by atoms with Crippen LogP contribution in [0.1, 0.15) is 37.1 Å². The molecule has 4 rings (SSSR count). The van der Waals surface area contributed by atoms with Crippen molar-refractivity contribution in [2.24, 2.45) is 0 Å². The molecule has 2 aromatic carbocycles. The van der Waals surface area contributed by atoms with Crippen molar-refractivity contribution >= 4 is 17.3 Å². The molecular weight excluding hydrogens is 426 g/mol. The zero-order chi connectivity index (χ0) is 23.7. The van der Waals surface area contributed by atoms with Crippen molar-refractivity contribution in [2.75, 3.05) is 19.5 Å². The van der Waals surface area contributed by atoms with Crippen LogP contribution in [0, 0.1) is 6.92 Å². The molecule has 172 valence electrons. The van der Waals surface area contributed by atoms with Crippen LogP contribution in [-0.2, 0) is 19.4 Å². The average molecular weight is 458 g/mol. The number of halogens is 1. The second-order valence-corrected chi connectivity index (χ2v) is 7.68. The monoisotopic (exact) mass is 457 g/mol. The number of methoxy groups -OCH3 is 1. The topological polar surface area (TPSA) is 90.4 Å². The molecule has 0 bridgehead atoms. The summed E-state index contributed by atoms with van der Waals surface area (Å²) in [7, 11) is 1.57. The van der Waals surface area contributed by atoms with Gasteiger partial charge in [0.05, 0.1) is 17.8 Å². The Bertz CT molecular complexity index is 1070. The molecule has 6 nitrogen and oxygen atoms in total. The maximum Gasteiger partial charge on any atom is 0.277 e. The SMILES string of the molecule is CCO.CCn1c(-c2ccc(OC)cc2Cl)nc(C)c(N)c1=O.c1ccc2c(c1)CCC2. The number of aliphatic hydroxyl groups is 1. The smallest absolute Gasteiger partial charge is 0.277 e. The van der Waals surface area contributed by atoms with E-state index in [1.165, 1.54) is 23.8 Å². The molecule has 0 amide bonds. The Morgan fingerprint density at radius 2 is 1.75 bits per heavy atom. The van der Waals surface area contributed by atoms with Crippen LogP contribution < -0.4 is 16.0 Å². The summed E-state index contributed by atoms with van der Waals surface area (Å²) in [5.41, 5.74) is 9.97. The lowest BCUT2D eigenvalue weighted by atomic mass is 10.1. The number of hydrogen-bond acceptors (Lipinski definition) is 5. The molecule has 0 fully saturated rings. The molecule has 7 heteroatoms. The first kappa shape index (κ1) is 25.4. The van der Waals surface area contributed by atoms with E-state index in [4.69, 9.17) is 27.2 Å². The summed E-state index contributed by atoms with van der Waals surface area (Å²) in [6.07, 6.45) is 3.96. The highest BCUT2D eigenvalue weighted by atomic mass is 35.5. The van der Waals surface area contributed by atoms with E-state index >= 15 is 0 Å². The van der Waals surface area contributed by atoms with E-state index in [9.17, 15) is 4.79 Å². The van der Waals surface area contributed by atoms with Gasteiger partial charge >= 0.3 is 0 Å². The molecule has 0 radical (unpaired) electrons. The molecule has 3 N–H and O–H groups in total. The molecule has 32 heavy (non-hydrogen) atoms. The van der Waals surface area contributed by atoms with E-state index in [1.807, 2.05) is 6.92 Å². The molecule has 1 heterocycles. The molecule has 0 saturated heterocycles. The molecule has 1 aliphatic rings. The molecule has 3 aromatic rings. The van der Waals surface area contributed by atoms with Gasteiger partial charge in [-0.05, 0) is 69.4 Å². The Kier molecular flexibility index (Phi) is 9.75. The zero-order valence-electron chi connectivity index (χ0n) is 19.2. The zero-order valence-corrected chi connectivity index (χ0v) is 19.9. The third-order valence-electron chi connectivity index (χ3n) is 5.14. The van der Waals surface area contributed by atoms with Gasteiger partial charge in [0.15, 0.2) is 0 Å². The molecule has 0 saturated carbocycles. The van der Waals surface area contributed by atoms with E-state index < -0.39 is 0 Å². The number of nitrogens with two attached hydrogens (primary N) is 1. The van der Waals surface area contributed by atoms with E-state index in [1.54, 1.807) is 50.3 Å². The predicted octanol–water partition coefficient (Wildman–Crippen LogP) is 4.66. The van der Waals surface area contributed by atoms with Crippen LogP contribution in [0.4, 0.5) is 5.69 Å². The largest absolute Gasteiger partial charge is 0.497 e. The van der Waals surface area contributed by atoms with E-state index in [-0.39, 0.29) is 17.9 Å². The van der Waals surface area contributed by atoms with Crippen LogP contribution in [0.3, 0.4) is 0 Å². The Morgan fingerprint density at radius 1 is 1.16 bits per heavy atom. The fraction of sp³-hybridized carbons (Fsp3) is 0.360. The number of anilines is 1. The summed E-state index contributed by atoms with van der Waals surface area (Å²) in [6, 6.07) is 14.0. The number of rotatable bonds is 3. The summed E-state index contributed by atoms with van der Waals surface area (Å²) < 4.78 is 6.63. The lowest BCUT2D eigenvalue weighted by molar-refractivity contribution is 0.318. The molecular formula is C25H32ClN3O3. The molecule has 1 aromatic heterocycles. The normalized spacial score (nSPS) is 11.6. The third kappa shape index (κ3) is 6.11. The summed E-state index contributed by atoms with van der Waals surface area (Å²) in [4.78, 5) is 16.6. The summed E-state index contributed by atoms with van der Waals surface area (Å²) in [6.45, 7) is 5.96. The van der Waals surface area contributed by atoms with Gasteiger partial charge < -0.3 is 15.6 Å². The van der Waals surface area contributed by atoms with Crippen LogP contribution in [-0.4, -0.2) is 28.4 Å². The molecule has 0 unspecified atom stereocenters. The highest BCUT2D eigenvalue weighted by molar-refractivity contribution is 6.33. The number of hydrogen-bond donors (Lipinski definition) is 2. The Labute approximate surface area is 194 Å². The third-order valence-corrected chi connectivity index (χ3v) is 5.45. The van der Waals surface area contributed by atoms with Crippen molar-refractivity contribution in [3.63, 3.8) is 0 Å². The Morgan fingerprint density at radius 3 is 2.25 bits per heavy atom. The van der Waals surface area contributed by atoms with Crippen molar-refractivity contribution in [1.82, 2.24) is 9.55 Å². The summed E-state index contributed by atoms with van der Waals surface area (Å²) in [5.74, 6) is 1.16. The van der Waals surface area contributed by atoms with Crippen LogP contribution in [0.2, 0.25) is 5.02 Å². The second-order valence-electron chi connectivity index (χ2n) is 7.27. The standard InChI is InChI=1S/C14H16ClN3O2.C9H10.C2H6O/c1-4-18-13(17-8(2)12(16)14(18)19)10-6-5-9(20-3)7-11(10)15;1-2-5-9-7-3-6-8(9)4-1;1-2-3/h5-7H,4,16H2,1-3H3;1-2,4-5H,3,6-7H2;3H,2H2,1H3. The number of ether oxygens (including phenoxy) is 1. The summed E-state index contributed by atoms with van der Waals surface area (Å²) >= 11 is 6.25. The number of benzene rings is 2. The van der Waals surface area contributed by atoms with Crippen molar-refractivity contribution < 1.29 is 9.84 Å². The molecule has 1 aliphatic carbocycles. The van der Waals surface area contributed by atoms with E-state index in [0.29, 0.717) is 34.4 Å².